The van der Waals surface area contributed by atoms with Gasteiger partial charge in [-0.15, -0.1) is 0 Å². The van der Waals surface area contributed by atoms with Crippen LogP contribution >= 0.6 is 0 Å². The Hall–Kier alpha value is -1.70. The van der Waals surface area contributed by atoms with E-state index in [4.69, 9.17) is 4.52 Å². The highest BCUT2D eigenvalue weighted by Gasteiger charge is 2.10. The van der Waals surface area contributed by atoms with Crippen molar-refractivity contribution in [2.75, 3.05) is 0 Å². The number of aryl methyl sites for hydroxylation is 2. The lowest BCUT2D eigenvalue weighted by Gasteiger charge is -1.99. The zero-order valence-electron chi connectivity index (χ0n) is 17.0. The van der Waals surface area contributed by atoms with E-state index in [1.807, 2.05) is 42.5 Å². The van der Waals surface area contributed by atoms with Gasteiger partial charge in [0.1, 0.15) is 18.1 Å². The maximum absolute atomic E-state index is 5.43. The third-order valence-electron chi connectivity index (χ3n) is 4.90. The van der Waals surface area contributed by atoms with Crippen molar-refractivity contribution < 1.29 is 33.1 Å². The highest BCUT2D eigenvalue weighted by atomic mass is 127. The van der Waals surface area contributed by atoms with Gasteiger partial charge in [0.15, 0.2) is 0 Å². The molecule has 152 valence electrons. The Morgan fingerprint density at radius 3 is 2.29 bits per heavy atom. The Balaban J connectivity index is 0.00000280. The lowest BCUT2D eigenvalue weighted by molar-refractivity contribution is -0.670. The van der Waals surface area contributed by atoms with E-state index in [1.54, 1.807) is 0 Å². The van der Waals surface area contributed by atoms with Crippen molar-refractivity contribution in [2.45, 2.75) is 64.7 Å². The number of unbranched alkanes of at least 4 members (excludes halogenated alkanes) is 7. The van der Waals surface area contributed by atoms with Gasteiger partial charge >= 0.3 is 0 Å². The molecule has 0 aliphatic heterocycles. The highest BCUT2D eigenvalue weighted by Crippen LogP contribution is 2.19. The molecule has 6 heteroatoms. The normalized spacial score (nSPS) is 10.8. The van der Waals surface area contributed by atoms with Crippen molar-refractivity contribution in [3.05, 3.63) is 48.9 Å². The smallest absolute Gasteiger partial charge is 0.248 e. The van der Waals surface area contributed by atoms with E-state index in [0.29, 0.717) is 5.82 Å². The first-order valence-corrected chi connectivity index (χ1v) is 10.2. The van der Waals surface area contributed by atoms with Crippen LogP contribution in [0.3, 0.4) is 0 Å². The molecule has 0 saturated heterocycles. The van der Waals surface area contributed by atoms with Gasteiger partial charge in [0.05, 0.1) is 7.05 Å². The second kappa shape index (κ2) is 12.0. The summed E-state index contributed by atoms with van der Waals surface area (Å²) in [6, 6.07) is 8.23. The summed E-state index contributed by atoms with van der Waals surface area (Å²) in [7, 11) is 2.01. The van der Waals surface area contributed by atoms with Crippen LogP contribution in [-0.2, 0) is 13.5 Å². The Kier molecular flexibility index (Phi) is 9.67. The molecule has 0 aliphatic carbocycles. The summed E-state index contributed by atoms with van der Waals surface area (Å²) < 4.78 is 9.52. The monoisotopic (exact) mass is 494 g/mol. The quantitative estimate of drug-likeness (QED) is 0.233. The van der Waals surface area contributed by atoms with Gasteiger partial charge in [-0.1, -0.05) is 57.0 Å². The fourth-order valence-corrected chi connectivity index (χ4v) is 3.27. The van der Waals surface area contributed by atoms with Crippen LogP contribution < -0.4 is 28.5 Å². The average Bonchev–Trinajstić information content (AvgIpc) is 3.33. The molecule has 0 saturated carbocycles. The predicted octanol–water partition coefficient (Wildman–Crippen LogP) is 2.04. The van der Waals surface area contributed by atoms with Crippen LogP contribution in [0.15, 0.2) is 47.5 Å². The summed E-state index contributed by atoms with van der Waals surface area (Å²) in [6.07, 6.45) is 17.4. The largest absolute Gasteiger partial charge is 1.00 e. The average molecular weight is 494 g/mol. The SMILES string of the molecule is CCCCCCCCCCc1nc(-c2ccc(-n3cc[n+](C)c3)cc2)no1.[I-]. The van der Waals surface area contributed by atoms with E-state index < -0.39 is 0 Å². The summed E-state index contributed by atoms with van der Waals surface area (Å²) in [5.41, 5.74) is 2.10. The first kappa shape index (κ1) is 22.6. The lowest BCUT2D eigenvalue weighted by Crippen LogP contribution is -3.00. The van der Waals surface area contributed by atoms with Crippen LogP contribution in [0.1, 0.15) is 64.2 Å². The maximum atomic E-state index is 5.43. The van der Waals surface area contributed by atoms with Crippen LogP contribution in [0.4, 0.5) is 0 Å². The first-order valence-electron chi connectivity index (χ1n) is 10.2. The summed E-state index contributed by atoms with van der Waals surface area (Å²) in [4.78, 5) is 4.56. The number of imidazole rings is 1. The van der Waals surface area contributed by atoms with E-state index in [9.17, 15) is 0 Å². The minimum atomic E-state index is 0. The van der Waals surface area contributed by atoms with Gasteiger partial charge in [0, 0.05) is 12.0 Å². The Bertz CT molecular complexity index is 810. The van der Waals surface area contributed by atoms with Crippen LogP contribution in [0.25, 0.3) is 17.1 Å². The molecular weight excluding hydrogens is 463 g/mol. The third-order valence-corrected chi connectivity index (χ3v) is 4.90. The molecule has 0 aliphatic rings. The zero-order valence-corrected chi connectivity index (χ0v) is 19.1. The molecule has 3 rings (SSSR count). The second-order valence-corrected chi connectivity index (χ2v) is 7.27. The van der Waals surface area contributed by atoms with Crippen LogP contribution in [0.5, 0.6) is 0 Å². The summed E-state index contributed by atoms with van der Waals surface area (Å²) in [5, 5.41) is 4.14. The molecule has 28 heavy (non-hydrogen) atoms. The van der Waals surface area contributed by atoms with Crippen LogP contribution in [0, 0.1) is 0 Å². The Labute approximate surface area is 185 Å². The minimum Gasteiger partial charge on any atom is -1.00 e. The van der Waals surface area contributed by atoms with Gasteiger partial charge < -0.3 is 28.5 Å². The topological polar surface area (TPSA) is 47.7 Å². The molecule has 0 radical (unpaired) electrons. The standard InChI is InChI=1S/C22H31N4O.HI/c1-3-4-5-6-7-8-9-10-11-21-23-22(24-27-21)19-12-14-20(15-13-19)26-17-16-25(2)18-26;/h12-18H,3-11H2,1-2H3;1H/q+1;/p-1. The van der Waals surface area contributed by atoms with E-state index >= 15 is 0 Å². The van der Waals surface area contributed by atoms with Crippen molar-refractivity contribution in [1.82, 2.24) is 14.7 Å². The highest BCUT2D eigenvalue weighted by molar-refractivity contribution is 5.56. The van der Waals surface area contributed by atoms with Crippen LogP contribution in [0.2, 0.25) is 0 Å². The van der Waals surface area contributed by atoms with Crippen molar-refractivity contribution in [3.63, 3.8) is 0 Å². The van der Waals surface area contributed by atoms with Gasteiger partial charge in [-0.05, 0) is 30.7 Å². The second-order valence-electron chi connectivity index (χ2n) is 7.27. The summed E-state index contributed by atoms with van der Waals surface area (Å²) in [5.74, 6) is 1.42. The number of hydrogen-bond acceptors (Lipinski definition) is 3. The number of nitrogens with zero attached hydrogens (tertiary/aromatic N) is 4. The zero-order chi connectivity index (χ0) is 18.9. The number of hydrogen-bond donors (Lipinski definition) is 0. The fourth-order valence-electron chi connectivity index (χ4n) is 3.27. The first-order chi connectivity index (χ1) is 13.3. The van der Waals surface area contributed by atoms with Crippen molar-refractivity contribution in [1.29, 1.82) is 0 Å². The molecule has 0 amide bonds. The Morgan fingerprint density at radius 1 is 0.964 bits per heavy atom. The number of benzene rings is 1. The molecule has 0 atom stereocenters. The van der Waals surface area contributed by atoms with Crippen molar-refractivity contribution >= 4 is 0 Å². The molecule has 3 aromatic rings. The molecule has 2 heterocycles. The predicted molar refractivity (Wildman–Crippen MR) is 107 cm³/mol. The maximum Gasteiger partial charge on any atom is 0.248 e. The van der Waals surface area contributed by atoms with Gasteiger partial charge in [-0.2, -0.15) is 4.98 Å². The summed E-state index contributed by atoms with van der Waals surface area (Å²) >= 11 is 0. The molecule has 0 fully saturated rings. The van der Waals surface area contributed by atoms with Gasteiger partial charge in [-0.3, -0.25) is 0 Å². The molecule has 1 aromatic carbocycles. The number of aromatic nitrogens is 4. The molecule has 0 spiro atoms. The third kappa shape index (κ3) is 6.72. The number of rotatable bonds is 11. The Morgan fingerprint density at radius 2 is 1.64 bits per heavy atom. The number of halogens is 1. The van der Waals surface area contributed by atoms with Crippen LogP contribution in [-0.4, -0.2) is 14.7 Å². The van der Waals surface area contributed by atoms with E-state index in [0.717, 1.165) is 30.0 Å². The van der Waals surface area contributed by atoms with E-state index in [1.165, 1.54) is 44.9 Å². The molecular formula is C22H31IN4O. The fraction of sp³-hybridized carbons (Fsp3) is 0.500. The van der Waals surface area contributed by atoms with Crippen molar-refractivity contribution in [2.24, 2.45) is 7.05 Å². The van der Waals surface area contributed by atoms with Gasteiger partial charge in [-0.25, -0.2) is 9.13 Å². The molecule has 5 nitrogen and oxygen atoms in total. The molecule has 0 unspecified atom stereocenters. The molecule has 2 aromatic heterocycles. The van der Waals surface area contributed by atoms with Gasteiger partial charge in [0.2, 0.25) is 18.0 Å². The summed E-state index contributed by atoms with van der Waals surface area (Å²) in [6.45, 7) is 2.26. The lowest BCUT2D eigenvalue weighted by atomic mass is 10.1. The minimum absolute atomic E-state index is 0. The molecule has 0 N–H and O–H groups in total. The van der Waals surface area contributed by atoms with E-state index in [2.05, 4.69) is 33.8 Å². The van der Waals surface area contributed by atoms with Crippen molar-refractivity contribution in [3.8, 4) is 17.1 Å². The van der Waals surface area contributed by atoms with E-state index in [-0.39, 0.29) is 24.0 Å². The molecule has 0 bridgehead atoms. The van der Waals surface area contributed by atoms with Gasteiger partial charge in [0.25, 0.3) is 0 Å².